The topological polar surface area (TPSA) is 105 Å². The summed E-state index contributed by atoms with van der Waals surface area (Å²) in [5, 5.41) is 2.88. The van der Waals surface area contributed by atoms with E-state index in [4.69, 9.17) is 16.3 Å². The minimum atomic E-state index is -4.00. The van der Waals surface area contributed by atoms with Gasteiger partial charge in [-0.1, -0.05) is 24.6 Å². The molecule has 10 heteroatoms. The van der Waals surface area contributed by atoms with Gasteiger partial charge < -0.3 is 15.0 Å². The first-order valence-corrected chi connectivity index (χ1v) is 16.6. The van der Waals surface area contributed by atoms with Crippen molar-refractivity contribution in [2.45, 2.75) is 63.0 Å². The van der Waals surface area contributed by atoms with Crippen LogP contribution in [0.4, 0.5) is 5.69 Å². The number of hydrogen-bond donors (Lipinski definition) is 2. The fraction of sp³-hybridized carbons (Fsp3) is 0.548. The van der Waals surface area contributed by atoms with E-state index in [-0.39, 0.29) is 23.3 Å². The third-order valence-electron chi connectivity index (χ3n) is 9.92. The summed E-state index contributed by atoms with van der Waals surface area (Å²) in [6, 6.07) is 11.4. The van der Waals surface area contributed by atoms with Crippen molar-refractivity contribution < 1.29 is 22.7 Å². The summed E-state index contributed by atoms with van der Waals surface area (Å²) in [6.45, 7) is 5.83. The van der Waals surface area contributed by atoms with Crippen molar-refractivity contribution in [3.63, 3.8) is 0 Å². The number of nitrogens with zero attached hydrogens (tertiary/aromatic N) is 1. The third kappa shape index (κ3) is 5.43. The van der Waals surface area contributed by atoms with Crippen molar-refractivity contribution in [1.29, 1.82) is 0 Å². The summed E-state index contributed by atoms with van der Waals surface area (Å²) in [6.07, 6.45) is 5.17. The Morgan fingerprint density at radius 2 is 1.88 bits per heavy atom. The number of benzene rings is 2. The molecule has 0 unspecified atom stereocenters. The highest BCUT2D eigenvalue weighted by Crippen LogP contribution is 2.46. The van der Waals surface area contributed by atoms with Crippen LogP contribution in [0, 0.1) is 17.8 Å². The molecule has 2 aromatic carbocycles. The zero-order valence-corrected chi connectivity index (χ0v) is 25.2. The summed E-state index contributed by atoms with van der Waals surface area (Å²) < 4.78 is 35.0. The predicted octanol–water partition coefficient (Wildman–Crippen LogP) is 4.44. The van der Waals surface area contributed by atoms with Crippen LogP contribution in [-0.4, -0.2) is 51.7 Å². The van der Waals surface area contributed by atoms with E-state index < -0.39 is 27.1 Å². The van der Waals surface area contributed by atoms with Gasteiger partial charge in [0.15, 0.2) is 0 Å². The first-order valence-electron chi connectivity index (χ1n) is 14.7. The Labute approximate surface area is 247 Å². The van der Waals surface area contributed by atoms with Crippen molar-refractivity contribution >= 4 is 39.1 Å². The van der Waals surface area contributed by atoms with E-state index in [0.717, 1.165) is 49.4 Å². The lowest BCUT2D eigenvalue weighted by Gasteiger charge is -2.44. The summed E-state index contributed by atoms with van der Waals surface area (Å²) in [5.41, 5.74) is 3.34. The molecule has 2 heterocycles. The summed E-state index contributed by atoms with van der Waals surface area (Å²) in [7, 11) is -4.00. The number of amides is 2. The average molecular weight is 600 g/mol. The van der Waals surface area contributed by atoms with Crippen molar-refractivity contribution in [3.8, 4) is 5.75 Å². The van der Waals surface area contributed by atoms with Crippen molar-refractivity contribution in [1.82, 2.24) is 10.0 Å². The molecule has 0 radical (unpaired) electrons. The summed E-state index contributed by atoms with van der Waals surface area (Å²) >= 11 is 6.37. The van der Waals surface area contributed by atoms with E-state index >= 15 is 0 Å². The highest BCUT2D eigenvalue weighted by molar-refractivity contribution is 7.90. The van der Waals surface area contributed by atoms with E-state index in [1.54, 1.807) is 32.0 Å². The van der Waals surface area contributed by atoms with Crippen molar-refractivity contribution in [2.24, 2.45) is 17.8 Å². The van der Waals surface area contributed by atoms with Gasteiger partial charge in [-0.3, -0.25) is 9.59 Å². The number of aryl methyl sites for hydroxylation is 1. The fourth-order valence-electron chi connectivity index (χ4n) is 7.05. The molecule has 8 nitrogen and oxygen atoms in total. The number of fused-ring (bicyclic) bond motifs is 4. The number of sulfonamides is 1. The molecule has 220 valence electrons. The summed E-state index contributed by atoms with van der Waals surface area (Å²) in [4.78, 5) is 28.4. The molecule has 1 saturated carbocycles. The Kier molecular flexibility index (Phi) is 7.47. The number of carbonyl (C=O) groups excluding carboxylic acids is 2. The number of carbonyl (C=O) groups is 2. The molecule has 1 fully saturated rings. The maximum atomic E-state index is 13.3. The van der Waals surface area contributed by atoms with Gasteiger partial charge in [0.05, 0.1) is 17.5 Å². The van der Waals surface area contributed by atoms with Crippen LogP contribution in [0.5, 0.6) is 5.75 Å². The SMILES string of the molecule is C[C@@H]1[C@@H](C)CC(=O)NC[C@@H]2CC[C@H]2CN2C[C@@]3(CCCc4cc(Cl)ccc43)COc3ccc(cc32)C(=O)NS1(=O)=O. The lowest BCUT2D eigenvalue weighted by atomic mass is 9.69. The van der Waals surface area contributed by atoms with Gasteiger partial charge >= 0.3 is 0 Å². The van der Waals surface area contributed by atoms with E-state index in [9.17, 15) is 18.0 Å². The van der Waals surface area contributed by atoms with Gasteiger partial charge in [-0.25, -0.2) is 13.1 Å². The molecule has 1 spiro atoms. The molecule has 0 aromatic heterocycles. The van der Waals surface area contributed by atoms with E-state index in [2.05, 4.69) is 27.1 Å². The standard InChI is InChI=1S/C31H38ClN3O5S/c1-19-12-29(36)33-15-23-5-6-24(23)16-35-17-31(11-3-4-21-13-25(32)8-9-26(21)31)18-40-28-10-7-22(14-27(28)35)30(37)34-41(38,39)20(19)2/h7-10,13-14,19-20,23-24H,3-6,11-12,15-18H2,1-2H3,(H,33,36)(H,34,37)/t19-,20+,23-,24-,31-/m0/s1. The van der Waals surface area contributed by atoms with Crippen LogP contribution in [0.15, 0.2) is 36.4 Å². The maximum Gasteiger partial charge on any atom is 0.264 e. The average Bonchev–Trinajstić information content (AvgIpc) is 3.06. The van der Waals surface area contributed by atoms with E-state index in [1.165, 1.54) is 11.1 Å². The normalized spacial score (nSPS) is 31.4. The number of anilines is 1. The lowest BCUT2D eigenvalue weighted by Crippen LogP contribution is -2.49. The number of halogens is 1. The Morgan fingerprint density at radius 1 is 1.07 bits per heavy atom. The van der Waals surface area contributed by atoms with Gasteiger partial charge in [0.2, 0.25) is 15.9 Å². The van der Waals surface area contributed by atoms with E-state index in [0.29, 0.717) is 37.3 Å². The smallest absolute Gasteiger partial charge is 0.264 e. The van der Waals surface area contributed by atoms with Gasteiger partial charge in [0.1, 0.15) is 5.75 Å². The Hall–Kier alpha value is -2.78. The lowest BCUT2D eigenvalue weighted by molar-refractivity contribution is -0.122. The Balaban J connectivity index is 1.40. The second kappa shape index (κ2) is 10.8. The number of hydrogen-bond acceptors (Lipinski definition) is 6. The highest BCUT2D eigenvalue weighted by atomic mass is 35.5. The molecule has 2 bridgehead atoms. The third-order valence-corrected chi connectivity index (χ3v) is 12.1. The zero-order valence-electron chi connectivity index (χ0n) is 23.6. The molecule has 2 N–H and O–H groups in total. The molecular weight excluding hydrogens is 562 g/mol. The summed E-state index contributed by atoms with van der Waals surface area (Å²) in [5.74, 6) is 0.127. The van der Waals surface area contributed by atoms with Crippen LogP contribution in [-0.2, 0) is 26.7 Å². The van der Waals surface area contributed by atoms with Gasteiger partial charge in [0.25, 0.3) is 5.91 Å². The molecule has 5 atom stereocenters. The fourth-order valence-corrected chi connectivity index (χ4v) is 8.51. The molecule has 0 saturated heterocycles. The molecule has 2 aliphatic heterocycles. The van der Waals surface area contributed by atoms with Crippen LogP contribution in [0.2, 0.25) is 5.02 Å². The molecule has 41 heavy (non-hydrogen) atoms. The van der Waals surface area contributed by atoms with Gasteiger partial charge in [0, 0.05) is 42.1 Å². The van der Waals surface area contributed by atoms with Crippen LogP contribution >= 0.6 is 11.6 Å². The molecule has 2 aromatic rings. The Morgan fingerprint density at radius 3 is 2.66 bits per heavy atom. The number of ether oxygens (including phenoxy) is 1. The first kappa shape index (κ1) is 28.3. The predicted molar refractivity (Wildman–Crippen MR) is 159 cm³/mol. The zero-order chi connectivity index (χ0) is 28.9. The second-order valence-corrected chi connectivity index (χ2v) is 15.0. The first-order chi connectivity index (χ1) is 19.5. The molecular formula is C31H38ClN3O5S. The minimum Gasteiger partial charge on any atom is -0.490 e. The maximum absolute atomic E-state index is 13.3. The molecule has 2 aliphatic carbocycles. The van der Waals surface area contributed by atoms with Crippen LogP contribution in [0.1, 0.15) is 67.4 Å². The Bertz CT molecular complexity index is 1480. The monoisotopic (exact) mass is 599 g/mol. The van der Waals surface area contributed by atoms with Gasteiger partial charge in [-0.15, -0.1) is 0 Å². The van der Waals surface area contributed by atoms with Gasteiger partial charge in [-0.05, 0) is 98.2 Å². The molecule has 2 amide bonds. The van der Waals surface area contributed by atoms with Crippen molar-refractivity contribution in [2.75, 3.05) is 31.1 Å². The number of nitrogens with one attached hydrogen (secondary N) is 2. The highest BCUT2D eigenvalue weighted by Gasteiger charge is 2.43. The van der Waals surface area contributed by atoms with Crippen molar-refractivity contribution in [3.05, 3.63) is 58.1 Å². The van der Waals surface area contributed by atoms with Crippen LogP contribution in [0.25, 0.3) is 0 Å². The number of rotatable bonds is 0. The van der Waals surface area contributed by atoms with Crippen LogP contribution < -0.4 is 19.7 Å². The van der Waals surface area contributed by atoms with Crippen LogP contribution in [0.3, 0.4) is 0 Å². The minimum absolute atomic E-state index is 0.0852. The largest absolute Gasteiger partial charge is 0.490 e. The van der Waals surface area contributed by atoms with Gasteiger partial charge in [-0.2, -0.15) is 0 Å². The molecule has 4 aliphatic rings. The quantitative estimate of drug-likeness (QED) is 0.464. The second-order valence-electron chi connectivity index (χ2n) is 12.6. The van der Waals surface area contributed by atoms with E-state index in [1.807, 2.05) is 6.07 Å². The molecule has 6 rings (SSSR count).